The second-order valence-electron chi connectivity index (χ2n) is 7.45. The molecule has 0 amide bonds. The monoisotopic (exact) mass is 527 g/mol. The Morgan fingerprint density at radius 2 is 1.33 bits per heavy atom. The summed E-state index contributed by atoms with van der Waals surface area (Å²) in [5.41, 5.74) is 1.67. The molecule has 2 aromatic rings. The van der Waals surface area contributed by atoms with E-state index in [2.05, 4.69) is 19.1 Å². The van der Waals surface area contributed by atoms with Crippen molar-refractivity contribution in [3.63, 3.8) is 0 Å². The van der Waals surface area contributed by atoms with Crippen molar-refractivity contribution in [3.8, 4) is 11.5 Å². The summed E-state index contributed by atoms with van der Waals surface area (Å²) < 4.78 is 13.5. The van der Waals surface area contributed by atoms with E-state index in [1.165, 1.54) is 48.5 Å². The first-order valence-electron chi connectivity index (χ1n) is 11.0. The Morgan fingerprint density at radius 3 is 1.87 bits per heavy atom. The van der Waals surface area contributed by atoms with Crippen LogP contribution in [0.3, 0.4) is 0 Å². The number of hydrogen-bond donors (Lipinski definition) is 2. The fourth-order valence-electron chi connectivity index (χ4n) is 3.32. The van der Waals surface area contributed by atoms with Crippen molar-refractivity contribution in [3.05, 3.63) is 54.7 Å². The molecule has 0 aromatic heterocycles. The molecule has 0 saturated heterocycles. The van der Waals surface area contributed by atoms with Gasteiger partial charge < -0.3 is 0 Å². The molecule has 5 heteroatoms. The Bertz CT molecular complexity index is 705. The summed E-state index contributed by atoms with van der Waals surface area (Å²) in [7, 11) is 1.60. The van der Waals surface area contributed by atoms with Gasteiger partial charge in [-0.2, -0.15) is 0 Å². The zero-order chi connectivity index (χ0) is 21.6. The van der Waals surface area contributed by atoms with Crippen LogP contribution in [0.2, 0.25) is 0 Å². The van der Waals surface area contributed by atoms with E-state index in [4.69, 9.17) is 9.47 Å². The topological polar surface area (TPSA) is 58.9 Å². The van der Waals surface area contributed by atoms with Crippen molar-refractivity contribution in [2.75, 3.05) is 13.7 Å². The van der Waals surface area contributed by atoms with Crippen molar-refractivity contribution in [2.24, 2.45) is 0 Å². The molecule has 0 fully saturated rings. The maximum atomic E-state index is 9.75. The molecule has 2 aromatic carbocycles. The normalized spacial score (nSPS) is 11.1. The zero-order valence-electron chi connectivity index (χ0n) is 18.3. The van der Waals surface area contributed by atoms with Crippen LogP contribution >= 0.6 is 0 Å². The Hall–Kier alpha value is -1.31. The zero-order valence-corrected chi connectivity index (χ0v) is 20.5. The van der Waals surface area contributed by atoms with E-state index in [-0.39, 0.29) is 13.2 Å². The van der Waals surface area contributed by atoms with Crippen molar-refractivity contribution < 1.29 is 40.9 Å². The van der Waals surface area contributed by atoms with E-state index in [1.54, 1.807) is 7.11 Å². The Labute approximate surface area is 191 Å². The summed E-state index contributed by atoms with van der Waals surface area (Å²) >= 11 is -0.518. The summed E-state index contributed by atoms with van der Waals surface area (Å²) in [4.78, 5) is 0. The fraction of sp³-hybridized carbons (Fsp3) is 0.520. The number of benzene rings is 2. The second kappa shape index (κ2) is 14.7. The van der Waals surface area contributed by atoms with Gasteiger partial charge in [0.2, 0.25) is 0 Å². The molecule has 0 heterocycles. The van der Waals surface area contributed by atoms with Gasteiger partial charge in [0.15, 0.2) is 0 Å². The SMILES string of the molecule is CCCCCCCCCCOc1ccc([I-]c2c(CO)cc(OC)cc2CO)cc1. The van der Waals surface area contributed by atoms with E-state index in [0.29, 0.717) is 5.75 Å². The number of hydrogen-bond acceptors (Lipinski definition) is 4. The van der Waals surface area contributed by atoms with Crippen molar-refractivity contribution in [1.29, 1.82) is 0 Å². The molecule has 0 unspecified atom stereocenters. The first kappa shape index (κ1) is 25.0. The number of aliphatic hydroxyl groups is 2. The predicted octanol–water partition coefficient (Wildman–Crippen LogP) is 2.33. The van der Waals surface area contributed by atoms with Crippen LogP contribution in [-0.2, 0) is 13.2 Å². The summed E-state index contributed by atoms with van der Waals surface area (Å²) in [6.45, 7) is 2.91. The quantitative estimate of drug-likeness (QED) is 0.276. The van der Waals surface area contributed by atoms with Gasteiger partial charge in [0.1, 0.15) is 0 Å². The molecule has 0 aliphatic carbocycles. The molecular weight excluding hydrogens is 491 g/mol. The van der Waals surface area contributed by atoms with E-state index < -0.39 is 21.2 Å². The van der Waals surface area contributed by atoms with Gasteiger partial charge in [0, 0.05) is 0 Å². The van der Waals surface area contributed by atoms with E-state index in [1.807, 2.05) is 24.3 Å². The summed E-state index contributed by atoms with van der Waals surface area (Å²) in [5.74, 6) is 1.57. The third-order valence-corrected chi connectivity index (χ3v) is 8.32. The van der Waals surface area contributed by atoms with Crippen molar-refractivity contribution in [2.45, 2.75) is 71.5 Å². The number of aliphatic hydroxyl groups excluding tert-OH is 2. The van der Waals surface area contributed by atoms with Gasteiger partial charge in [-0.1, -0.05) is 19.8 Å². The number of unbranched alkanes of at least 4 members (excludes halogenated alkanes) is 7. The van der Waals surface area contributed by atoms with E-state index in [9.17, 15) is 10.2 Å². The first-order valence-corrected chi connectivity index (χ1v) is 13.2. The number of halogens is 1. The van der Waals surface area contributed by atoms with Crippen LogP contribution < -0.4 is 30.7 Å². The molecule has 0 bridgehead atoms. The number of methoxy groups -OCH3 is 1. The second-order valence-corrected chi connectivity index (χ2v) is 10.3. The average Bonchev–Trinajstić information content (AvgIpc) is 2.79. The molecule has 2 N–H and O–H groups in total. The van der Waals surface area contributed by atoms with Gasteiger partial charge in [0.25, 0.3) is 0 Å². The molecule has 4 nitrogen and oxygen atoms in total. The molecule has 0 atom stereocenters. The first-order chi connectivity index (χ1) is 14.7. The van der Waals surface area contributed by atoms with Crippen LogP contribution in [0.4, 0.5) is 0 Å². The van der Waals surface area contributed by atoms with Gasteiger partial charge in [-0.05, 0) is 0 Å². The third-order valence-electron chi connectivity index (χ3n) is 5.06. The Balaban J connectivity index is 1.81. The van der Waals surface area contributed by atoms with Gasteiger partial charge in [-0.3, -0.25) is 0 Å². The number of ether oxygens (including phenoxy) is 2. The fourth-order valence-corrected chi connectivity index (χ4v) is 6.00. The predicted molar refractivity (Wildman–Crippen MR) is 117 cm³/mol. The Morgan fingerprint density at radius 1 is 0.767 bits per heavy atom. The van der Waals surface area contributed by atoms with Gasteiger partial charge in [-0.15, -0.1) is 0 Å². The van der Waals surface area contributed by atoms with Gasteiger partial charge in [0.05, 0.1) is 0 Å². The Kier molecular flexibility index (Phi) is 12.2. The maximum absolute atomic E-state index is 9.75. The minimum atomic E-state index is -0.518. The molecule has 0 aliphatic heterocycles. The molecule has 0 saturated carbocycles. The van der Waals surface area contributed by atoms with Crippen LogP contribution in [-0.4, -0.2) is 23.9 Å². The number of rotatable bonds is 15. The third kappa shape index (κ3) is 8.44. The molecular formula is C25H36IO4-. The van der Waals surface area contributed by atoms with Crippen molar-refractivity contribution in [1.82, 2.24) is 0 Å². The van der Waals surface area contributed by atoms with Crippen molar-refractivity contribution >= 4 is 0 Å². The van der Waals surface area contributed by atoms with E-state index >= 15 is 0 Å². The van der Waals surface area contributed by atoms with Crippen LogP contribution in [0.1, 0.15) is 69.4 Å². The summed E-state index contributed by atoms with van der Waals surface area (Å²) in [6, 6.07) is 12.0. The van der Waals surface area contributed by atoms with E-state index in [0.717, 1.165) is 33.5 Å². The summed E-state index contributed by atoms with van der Waals surface area (Å²) in [5, 5.41) is 19.5. The molecule has 30 heavy (non-hydrogen) atoms. The van der Waals surface area contributed by atoms with Crippen LogP contribution in [0, 0.1) is 7.14 Å². The molecule has 0 spiro atoms. The molecule has 168 valence electrons. The summed E-state index contributed by atoms with van der Waals surface area (Å²) in [6.07, 6.45) is 10.4. The van der Waals surface area contributed by atoms with Gasteiger partial charge >= 0.3 is 173 Å². The molecule has 0 aliphatic rings. The van der Waals surface area contributed by atoms with Crippen LogP contribution in [0.5, 0.6) is 11.5 Å². The molecule has 2 rings (SSSR count). The minimum absolute atomic E-state index is 0.0565. The van der Waals surface area contributed by atoms with Crippen LogP contribution in [0.25, 0.3) is 0 Å². The van der Waals surface area contributed by atoms with Crippen LogP contribution in [0.15, 0.2) is 36.4 Å². The molecule has 0 radical (unpaired) electrons. The average molecular weight is 527 g/mol. The standard InChI is InChI=1S/C25H36IO4/c1-3-4-5-6-7-8-9-10-15-30-23-13-11-22(12-14-23)26-25-20(18-27)16-24(29-2)17-21(25)19-28/h11-14,16-17,27-28H,3-10,15,18-19H2,1-2H3/q-1. The van der Waals surface area contributed by atoms with Gasteiger partial charge in [-0.25, -0.2) is 0 Å².